The zero-order valence-electron chi connectivity index (χ0n) is 13.6. The molecule has 1 aliphatic carbocycles. The lowest BCUT2D eigenvalue weighted by Crippen LogP contribution is -2.38. The van der Waals surface area contributed by atoms with Gasteiger partial charge in [-0.2, -0.15) is 0 Å². The second-order valence-corrected chi connectivity index (χ2v) is 5.65. The summed E-state index contributed by atoms with van der Waals surface area (Å²) in [4.78, 5) is 23.7. The fraction of sp³-hybridized carbons (Fsp3) is 0.500. The average Bonchev–Trinajstić information content (AvgIpc) is 3.35. The first-order valence-corrected chi connectivity index (χ1v) is 7.53. The largest absolute Gasteiger partial charge is 0.493 e. The molecule has 1 fully saturated rings. The highest BCUT2D eigenvalue weighted by Gasteiger charge is 2.28. The van der Waals surface area contributed by atoms with Crippen LogP contribution in [-0.4, -0.2) is 38.6 Å². The summed E-state index contributed by atoms with van der Waals surface area (Å²) in [5.41, 5.74) is 6.74. The number of nitrogens with two attached hydrogens (primary N) is 1. The first kappa shape index (κ1) is 17.1. The number of hydrogen-bond donors (Lipinski definition) is 3. The Morgan fingerprint density at radius 2 is 2.00 bits per heavy atom. The molecule has 126 valence electrons. The molecule has 0 radical (unpaired) electrons. The number of hydrogen-bond acceptors (Lipinski definition) is 5. The molecule has 0 saturated heterocycles. The Bertz CT molecular complexity index is 599. The molecule has 7 heteroatoms. The van der Waals surface area contributed by atoms with Crippen LogP contribution in [0.1, 0.15) is 30.1 Å². The van der Waals surface area contributed by atoms with Gasteiger partial charge in [-0.05, 0) is 30.9 Å². The van der Waals surface area contributed by atoms with Gasteiger partial charge in [0.05, 0.1) is 19.9 Å². The van der Waals surface area contributed by atoms with E-state index in [0.717, 1.165) is 12.8 Å². The van der Waals surface area contributed by atoms with Crippen molar-refractivity contribution < 1.29 is 19.1 Å². The van der Waals surface area contributed by atoms with Gasteiger partial charge in [-0.15, -0.1) is 0 Å². The molecule has 2 rings (SSSR count). The van der Waals surface area contributed by atoms with Crippen molar-refractivity contribution in [2.45, 2.75) is 25.8 Å². The van der Waals surface area contributed by atoms with Gasteiger partial charge < -0.3 is 25.8 Å². The number of ether oxygens (including phenoxy) is 2. The van der Waals surface area contributed by atoms with E-state index in [-0.39, 0.29) is 17.9 Å². The van der Waals surface area contributed by atoms with Gasteiger partial charge in [0.1, 0.15) is 0 Å². The lowest BCUT2D eigenvalue weighted by molar-refractivity contribution is -0.114. The molecule has 1 atom stereocenters. The SMILES string of the molecule is COc1cc(C(=O)NCC(N)C2CC2)cc(NC(C)=O)c1OC. The number of anilines is 1. The van der Waals surface area contributed by atoms with E-state index >= 15 is 0 Å². The lowest BCUT2D eigenvalue weighted by Gasteiger charge is -2.16. The van der Waals surface area contributed by atoms with Crippen LogP contribution in [-0.2, 0) is 4.79 Å². The zero-order chi connectivity index (χ0) is 17.0. The minimum Gasteiger partial charge on any atom is -0.493 e. The number of carbonyl (C=O) groups excluding carboxylic acids is 2. The van der Waals surface area contributed by atoms with Gasteiger partial charge >= 0.3 is 0 Å². The maximum Gasteiger partial charge on any atom is 0.251 e. The summed E-state index contributed by atoms with van der Waals surface area (Å²) in [7, 11) is 2.94. The summed E-state index contributed by atoms with van der Waals surface area (Å²) in [6.07, 6.45) is 2.25. The Hall–Kier alpha value is -2.28. The molecule has 0 spiro atoms. The summed E-state index contributed by atoms with van der Waals surface area (Å²) >= 11 is 0. The quantitative estimate of drug-likeness (QED) is 0.698. The van der Waals surface area contributed by atoms with Crippen LogP contribution < -0.4 is 25.8 Å². The molecule has 23 heavy (non-hydrogen) atoms. The smallest absolute Gasteiger partial charge is 0.251 e. The van der Waals surface area contributed by atoms with Crippen LogP contribution in [0.25, 0.3) is 0 Å². The topological polar surface area (TPSA) is 103 Å². The highest BCUT2D eigenvalue weighted by Crippen LogP contribution is 2.36. The van der Waals surface area contributed by atoms with E-state index in [4.69, 9.17) is 15.2 Å². The molecule has 4 N–H and O–H groups in total. The minimum atomic E-state index is -0.270. The molecule has 1 unspecified atom stereocenters. The fourth-order valence-electron chi connectivity index (χ4n) is 2.38. The van der Waals surface area contributed by atoms with Gasteiger partial charge in [-0.25, -0.2) is 0 Å². The molecular formula is C16H23N3O4. The monoisotopic (exact) mass is 321 g/mol. The van der Waals surface area contributed by atoms with Gasteiger partial charge in [0.15, 0.2) is 11.5 Å². The molecule has 0 aromatic heterocycles. The normalized spacial score (nSPS) is 14.8. The Balaban J connectivity index is 2.18. The number of carbonyl (C=O) groups is 2. The predicted molar refractivity (Wildman–Crippen MR) is 86.9 cm³/mol. The van der Waals surface area contributed by atoms with Gasteiger partial charge in [0.25, 0.3) is 5.91 Å². The maximum atomic E-state index is 12.3. The van der Waals surface area contributed by atoms with Crippen molar-refractivity contribution in [3.63, 3.8) is 0 Å². The van der Waals surface area contributed by atoms with E-state index in [1.54, 1.807) is 12.1 Å². The number of amides is 2. The second-order valence-electron chi connectivity index (χ2n) is 5.65. The molecule has 0 heterocycles. The third kappa shape index (κ3) is 4.35. The summed E-state index contributed by atoms with van der Waals surface area (Å²) in [6.45, 7) is 1.81. The minimum absolute atomic E-state index is 0.0195. The number of nitrogens with one attached hydrogen (secondary N) is 2. The van der Waals surface area contributed by atoms with E-state index in [2.05, 4.69) is 10.6 Å². The molecule has 1 saturated carbocycles. The van der Waals surface area contributed by atoms with Crippen molar-refractivity contribution in [3.05, 3.63) is 17.7 Å². The molecule has 2 amide bonds. The van der Waals surface area contributed by atoms with Gasteiger partial charge in [0.2, 0.25) is 5.91 Å². The van der Waals surface area contributed by atoms with Crippen LogP contribution in [0.2, 0.25) is 0 Å². The number of methoxy groups -OCH3 is 2. The van der Waals surface area contributed by atoms with Crippen molar-refractivity contribution in [2.75, 3.05) is 26.1 Å². The first-order valence-electron chi connectivity index (χ1n) is 7.53. The maximum absolute atomic E-state index is 12.3. The van der Waals surface area contributed by atoms with Crippen LogP contribution >= 0.6 is 0 Å². The Morgan fingerprint density at radius 3 is 2.52 bits per heavy atom. The van der Waals surface area contributed by atoms with Gasteiger partial charge in [0, 0.05) is 25.1 Å². The Labute approximate surface area is 135 Å². The summed E-state index contributed by atoms with van der Waals surface area (Å²) in [6, 6.07) is 3.11. The Morgan fingerprint density at radius 1 is 1.30 bits per heavy atom. The van der Waals surface area contributed by atoms with E-state index in [9.17, 15) is 9.59 Å². The zero-order valence-corrected chi connectivity index (χ0v) is 13.6. The second kappa shape index (κ2) is 7.32. The van der Waals surface area contributed by atoms with Crippen LogP contribution in [0.4, 0.5) is 5.69 Å². The van der Waals surface area contributed by atoms with E-state index < -0.39 is 0 Å². The molecule has 1 aromatic carbocycles. The standard InChI is InChI=1S/C16H23N3O4/c1-9(20)19-13-6-11(7-14(22-2)15(13)23-3)16(21)18-8-12(17)10-4-5-10/h6-7,10,12H,4-5,8,17H2,1-3H3,(H,18,21)(H,19,20). The molecule has 0 aliphatic heterocycles. The van der Waals surface area contributed by atoms with Crippen LogP contribution in [0, 0.1) is 5.92 Å². The highest BCUT2D eigenvalue weighted by molar-refractivity contribution is 5.99. The predicted octanol–water partition coefficient (Wildman–Crippen LogP) is 1.13. The molecule has 0 bridgehead atoms. The lowest BCUT2D eigenvalue weighted by atomic mass is 10.1. The van der Waals surface area contributed by atoms with E-state index in [1.165, 1.54) is 21.1 Å². The third-order valence-corrected chi connectivity index (χ3v) is 3.78. The number of benzene rings is 1. The summed E-state index contributed by atoms with van der Waals surface area (Å²) < 4.78 is 10.5. The Kier molecular flexibility index (Phi) is 5.44. The summed E-state index contributed by atoms with van der Waals surface area (Å²) in [5, 5.41) is 5.46. The van der Waals surface area contributed by atoms with E-state index in [0.29, 0.717) is 35.2 Å². The molecule has 7 nitrogen and oxygen atoms in total. The van der Waals surface area contributed by atoms with Crippen molar-refractivity contribution in [2.24, 2.45) is 11.7 Å². The highest BCUT2D eigenvalue weighted by atomic mass is 16.5. The van der Waals surface area contributed by atoms with Crippen molar-refractivity contribution in [3.8, 4) is 11.5 Å². The van der Waals surface area contributed by atoms with Gasteiger partial charge in [-0.3, -0.25) is 9.59 Å². The van der Waals surface area contributed by atoms with Crippen molar-refractivity contribution >= 4 is 17.5 Å². The van der Waals surface area contributed by atoms with Crippen LogP contribution in [0.3, 0.4) is 0 Å². The first-order chi connectivity index (χ1) is 11.0. The number of rotatable bonds is 7. The fourth-order valence-corrected chi connectivity index (χ4v) is 2.38. The molecule has 1 aliphatic rings. The average molecular weight is 321 g/mol. The van der Waals surface area contributed by atoms with Crippen LogP contribution in [0.5, 0.6) is 11.5 Å². The van der Waals surface area contributed by atoms with Crippen molar-refractivity contribution in [1.29, 1.82) is 0 Å². The molecule has 1 aromatic rings. The van der Waals surface area contributed by atoms with Gasteiger partial charge in [-0.1, -0.05) is 0 Å². The van der Waals surface area contributed by atoms with E-state index in [1.807, 2.05) is 0 Å². The van der Waals surface area contributed by atoms with Crippen molar-refractivity contribution in [1.82, 2.24) is 5.32 Å². The summed E-state index contributed by atoms with van der Waals surface area (Å²) in [5.74, 6) is 0.715. The third-order valence-electron chi connectivity index (χ3n) is 3.78. The van der Waals surface area contributed by atoms with Crippen LogP contribution in [0.15, 0.2) is 12.1 Å². The molecular weight excluding hydrogens is 298 g/mol.